The quantitative estimate of drug-likeness (QED) is 0.372. The van der Waals surface area contributed by atoms with E-state index in [4.69, 9.17) is 0 Å². The van der Waals surface area contributed by atoms with Crippen LogP contribution in [0.5, 0.6) is 0 Å². The van der Waals surface area contributed by atoms with E-state index in [1.807, 2.05) is 13.8 Å². The van der Waals surface area contributed by atoms with Crippen molar-refractivity contribution in [3.63, 3.8) is 0 Å². The van der Waals surface area contributed by atoms with E-state index < -0.39 is 19.5 Å². The summed E-state index contributed by atoms with van der Waals surface area (Å²) >= 11 is 0. The van der Waals surface area contributed by atoms with Gasteiger partial charge in [-0.1, -0.05) is 19.2 Å². The van der Waals surface area contributed by atoms with Gasteiger partial charge in [0.05, 0.1) is 0 Å². The first-order chi connectivity index (χ1) is 6.81. The zero-order valence-electron chi connectivity index (χ0n) is 9.19. The normalized spacial score (nSPS) is 11.2. The molecule has 0 amide bonds. The van der Waals surface area contributed by atoms with Crippen LogP contribution in [0, 0.1) is 0 Å². The van der Waals surface area contributed by atoms with Crippen molar-refractivity contribution in [1.82, 2.24) is 0 Å². The smallest absolute Gasteiger partial charge is 0.137 e. The molecule has 0 aromatic rings. The number of carbonyl (C=O) groups excluding carboxylic acids is 1. The van der Waals surface area contributed by atoms with Crippen LogP contribution in [0.15, 0.2) is 11.6 Å². The molecule has 0 aromatic carbocycles. The van der Waals surface area contributed by atoms with Gasteiger partial charge in [0.2, 0.25) is 0 Å². The summed E-state index contributed by atoms with van der Waals surface area (Å²) in [4.78, 5) is 31.5. The zero-order chi connectivity index (χ0) is 11.9. The molecule has 0 saturated heterocycles. The molecule has 0 aliphatic carbocycles. The maximum atomic E-state index is 11.0. The molecule has 0 heterocycles. The fraction of sp³-hybridized carbons (Fsp3) is 0.700. The van der Waals surface area contributed by atoms with Crippen molar-refractivity contribution >= 4 is 13.4 Å². The minimum atomic E-state index is -4.65. The van der Waals surface area contributed by atoms with Gasteiger partial charge in [-0.05, 0) is 33.1 Å². The third-order valence-electron chi connectivity index (χ3n) is 1.83. The first-order valence-corrected chi connectivity index (χ1v) is 6.70. The lowest BCUT2D eigenvalue weighted by Crippen LogP contribution is -2.21. The van der Waals surface area contributed by atoms with Gasteiger partial charge in [0.25, 0.3) is 0 Å². The van der Waals surface area contributed by atoms with Gasteiger partial charge in [-0.15, -0.1) is 0 Å². The summed E-state index contributed by atoms with van der Waals surface area (Å²) in [5, 5.41) is 0. The summed E-state index contributed by atoms with van der Waals surface area (Å²) in [7, 11) is -4.65. The summed E-state index contributed by atoms with van der Waals surface area (Å²) in [5.41, 5.74) is 1.23. The molecular formula is C10H17O4P-2. The molecule has 0 aromatic heterocycles. The molecule has 4 nitrogen and oxygen atoms in total. The number of Topliss-reactive ketones (excluding diaryl/α,β-unsaturated/α-hetero) is 1. The first-order valence-electron chi connectivity index (χ1n) is 4.97. The van der Waals surface area contributed by atoms with Gasteiger partial charge >= 0.3 is 0 Å². The van der Waals surface area contributed by atoms with Crippen LogP contribution in [0.3, 0.4) is 0 Å². The van der Waals surface area contributed by atoms with Gasteiger partial charge in [0.1, 0.15) is 5.78 Å². The van der Waals surface area contributed by atoms with Crippen LogP contribution in [-0.4, -0.2) is 11.9 Å². The van der Waals surface area contributed by atoms with Crippen molar-refractivity contribution in [2.75, 3.05) is 6.16 Å². The van der Waals surface area contributed by atoms with Crippen molar-refractivity contribution in [2.45, 2.75) is 39.5 Å². The number of rotatable bonds is 7. The lowest BCUT2D eigenvalue weighted by molar-refractivity contribution is -0.312. The van der Waals surface area contributed by atoms with Gasteiger partial charge in [-0.3, -0.25) is 4.79 Å². The Morgan fingerprint density at radius 3 is 2.33 bits per heavy atom. The third-order valence-corrected chi connectivity index (χ3v) is 2.57. The second kappa shape index (κ2) is 6.94. The molecule has 88 valence electrons. The molecule has 5 heteroatoms. The highest BCUT2D eigenvalue weighted by Crippen LogP contribution is 2.23. The van der Waals surface area contributed by atoms with Gasteiger partial charge in [-0.2, -0.15) is 0 Å². The van der Waals surface area contributed by atoms with Gasteiger partial charge < -0.3 is 14.4 Å². The number of allylic oxidation sites excluding steroid dienone is 2. The molecule has 0 spiro atoms. The van der Waals surface area contributed by atoms with Gasteiger partial charge in [0, 0.05) is 12.6 Å². The highest BCUT2D eigenvalue weighted by Gasteiger charge is 2.03. The Morgan fingerprint density at radius 1 is 1.27 bits per heavy atom. The second-order valence-corrected chi connectivity index (χ2v) is 5.37. The maximum Gasteiger partial charge on any atom is 0.137 e. The van der Waals surface area contributed by atoms with E-state index in [1.54, 1.807) is 0 Å². The SMILES string of the molecule is CC(C)=CCCCCC(=O)CP(=O)([O-])[O-]. The molecule has 0 radical (unpaired) electrons. The number of unbranched alkanes of at least 4 members (excludes halogenated alkanes) is 2. The fourth-order valence-electron chi connectivity index (χ4n) is 1.15. The Kier molecular flexibility index (Phi) is 6.73. The van der Waals surface area contributed by atoms with Crippen molar-refractivity contribution in [3.8, 4) is 0 Å². The van der Waals surface area contributed by atoms with E-state index in [1.165, 1.54) is 5.57 Å². The molecule has 0 unspecified atom stereocenters. The molecule has 0 rings (SSSR count). The third kappa shape index (κ3) is 11.5. The average molecular weight is 232 g/mol. The Bertz CT molecular complexity index is 273. The van der Waals surface area contributed by atoms with E-state index in [2.05, 4.69) is 6.08 Å². The van der Waals surface area contributed by atoms with Crippen LogP contribution in [0.2, 0.25) is 0 Å². The van der Waals surface area contributed by atoms with Gasteiger partial charge in [-0.25, -0.2) is 0 Å². The minimum absolute atomic E-state index is 0.186. The number of ketones is 1. The van der Waals surface area contributed by atoms with Crippen LogP contribution in [-0.2, 0) is 9.36 Å². The lowest BCUT2D eigenvalue weighted by Gasteiger charge is -2.28. The van der Waals surface area contributed by atoms with E-state index in [-0.39, 0.29) is 6.42 Å². The fourth-order valence-corrected chi connectivity index (χ4v) is 1.74. The molecule has 0 fully saturated rings. The highest BCUT2D eigenvalue weighted by molar-refractivity contribution is 7.49. The summed E-state index contributed by atoms with van der Waals surface area (Å²) in [6.45, 7) is 3.99. The van der Waals surface area contributed by atoms with Crippen molar-refractivity contribution in [3.05, 3.63) is 11.6 Å². The Morgan fingerprint density at radius 2 is 1.87 bits per heavy atom. The minimum Gasteiger partial charge on any atom is -0.810 e. The summed E-state index contributed by atoms with van der Waals surface area (Å²) in [5.74, 6) is -0.472. The standard InChI is InChI=1S/C10H19O4P/c1-9(2)6-4-3-5-7-10(11)8-15(12,13)14/h6H,3-5,7-8H2,1-2H3,(H2,12,13,14)/p-2. The predicted octanol–water partition coefficient (Wildman–Crippen LogP) is 0.996. The summed E-state index contributed by atoms with van der Waals surface area (Å²) in [6.07, 6.45) is 3.79. The number of hydrogen-bond donors (Lipinski definition) is 0. The van der Waals surface area contributed by atoms with E-state index >= 15 is 0 Å². The highest BCUT2D eigenvalue weighted by atomic mass is 31.2. The molecule has 0 saturated carbocycles. The number of hydrogen-bond acceptors (Lipinski definition) is 4. The largest absolute Gasteiger partial charge is 0.810 e. The molecule has 0 aliphatic heterocycles. The van der Waals surface area contributed by atoms with Crippen LogP contribution >= 0.6 is 7.60 Å². The average Bonchev–Trinajstić information content (AvgIpc) is 1.99. The Labute approximate surface area is 90.5 Å². The Balaban J connectivity index is 3.57. The number of carbonyl (C=O) groups is 1. The first kappa shape index (κ1) is 14.6. The van der Waals surface area contributed by atoms with Gasteiger partial charge in [0.15, 0.2) is 0 Å². The summed E-state index contributed by atoms with van der Waals surface area (Å²) < 4.78 is 10.3. The molecule has 15 heavy (non-hydrogen) atoms. The molecule has 0 aliphatic rings. The second-order valence-electron chi connectivity index (χ2n) is 3.83. The van der Waals surface area contributed by atoms with Crippen LogP contribution < -0.4 is 9.79 Å². The summed E-state index contributed by atoms with van der Waals surface area (Å²) in [6, 6.07) is 0. The molecule has 0 N–H and O–H groups in total. The van der Waals surface area contributed by atoms with Crippen LogP contribution in [0.4, 0.5) is 0 Å². The molecule has 0 bridgehead atoms. The van der Waals surface area contributed by atoms with Crippen LogP contribution in [0.1, 0.15) is 39.5 Å². The molecular weight excluding hydrogens is 215 g/mol. The molecule has 0 atom stereocenters. The van der Waals surface area contributed by atoms with E-state index in [0.717, 1.165) is 12.8 Å². The van der Waals surface area contributed by atoms with Crippen molar-refractivity contribution < 1.29 is 19.1 Å². The van der Waals surface area contributed by atoms with Crippen LogP contribution in [0.25, 0.3) is 0 Å². The van der Waals surface area contributed by atoms with Crippen molar-refractivity contribution in [2.24, 2.45) is 0 Å². The van der Waals surface area contributed by atoms with Crippen molar-refractivity contribution in [1.29, 1.82) is 0 Å². The van der Waals surface area contributed by atoms with E-state index in [0.29, 0.717) is 6.42 Å². The lowest BCUT2D eigenvalue weighted by atomic mass is 10.1. The predicted molar refractivity (Wildman–Crippen MR) is 55.4 cm³/mol. The van der Waals surface area contributed by atoms with E-state index in [9.17, 15) is 19.1 Å². The zero-order valence-corrected chi connectivity index (χ0v) is 10.1. The Hall–Kier alpha value is -0.440. The maximum absolute atomic E-state index is 11.0. The topological polar surface area (TPSA) is 80.3 Å². The monoisotopic (exact) mass is 232 g/mol.